The minimum atomic E-state index is -0.502. The SMILES string of the molecule is CCSCCOC(=O)C1=C(C)NC2=C(C(=O)CCC2)[C@@H]1c1cc(Br)ccc1OC. The van der Waals surface area contributed by atoms with Gasteiger partial charge in [0.05, 0.1) is 18.6 Å². The Hall–Kier alpha value is -1.73. The number of rotatable bonds is 7. The Morgan fingerprint density at radius 1 is 1.34 bits per heavy atom. The van der Waals surface area contributed by atoms with Crippen LogP contribution < -0.4 is 10.1 Å². The lowest BCUT2D eigenvalue weighted by molar-refractivity contribution is -0.138. The van der Waals surface area contributed by atoms with Crippen molar-refractivity contribution in [2.45, 2.75) is 39.0 Å². The molecule has 0 unspecified atom stereocenters. The van der Waals surface area contributed by atoms with Crippen molar-refractivity contribution >= 4 is 39.4 Å². The zero-order valence-electron chi connectivity index (χ0n) is 17.0. The van der Waals surface area contributed by atoms with Crippen LogP contribution in [0.25, 0.3) is 0 Å². The van der Waals surface area contributed by atoms with Gasteiger partial charge < -0.3 is 14.8 Å². The minimum Gasteiger partial charge on any atom is -0.496 e. The Bertz CT molecular complexity index is 878. The van der Waals surface area contributed by atoms with Crippen LogP contribution in [-0.4, -0.2) is 37.0 Å². The highest BCUT2D eigenvalue weighted by Crippen LogP contribution is 2.45. The quantitative estimate of drug-likeness (QED) is 0.450. The number of allylic oxidation sites excluding steroid dienone is 3. The average Bonchev–Trinajstić information content (AvgIpc) is 2.70. The fraction of sp³-hybridized carbons (Fsp3) is 0.455. The van der Waals surface area contributed by atoms with Crippen molar-refractivity contribution in [2.24, 2.45) is 0 Å². The first-order chi connectivity index (χ1) is 14.0. The molecular formula is C22H26BrNO4S. The molecule has 0 saturated carbocycles. The Morgan fingerprint density at radius 3 is 2.86 bits per heavy atom. The number of dihydropyridines is 1. The van der Waals surface area contributed by atoms with Crippen LogP contribution in [0.2, 0.25) is 0 Å². The number of esters is 1. The molecule has 1 N–H and O–H groups in total. The number of carbonyl (C=O) groups excluding carboxylic acids is 2. The number of thioether (sulfide) groups is 1. The molecule has 0 amide bonds. The van der Waals surface area contributed by atoms with E-state index < -0.39 is 5.92 Å². The van der Waals surface area contributed by atoms with E-state index in [2.05, 4.69) is 28.2 Å². The number of methoxy groups -OCH3 is 1. The molecule has 1 aliphatic carbocycles. The molecule has 1 aliphatic heterocycles. The number of halogens is 1. The summed E-state index contributed by atoms with van der Waals surface area (Å²) in [4.78, 5) is 26.0. The zero-order valence-corrected chi connectivity index (χ0v) is 19.4. The predicted molar refractivity (Wildman–Crippen MR) is 119 cm³/mol. The monoisotopic (exact) mass is 479 g/mol. The maximum Gasteiger partial charge on any atom is 0.336 e. The smallest absolute Gasteiger partial charge is 0.336 e. The highest BCUT2D eigenvalue weighted by Gasteiger charge is 2.40. The van der Waals surface area contributed by atoms with Crippen molar-refractivity contribution in [1.29, 1.82) is 0 Å². The van der Waals surface area contributed by atoms with Crippen molar-refractivity contribution < 1.29 is 19.1 Å². The second kappa shape index (κ2) is 9.85. The Kier molecular flexibility index (Phi) is 7.46. The Morgan fingerprint density at radius 2 is 2.14 bits per heavy atom. The van der Waals surface area contributed by atoms with Gasteiger partial charge in [-0.05, 0) is 43.7 Å². The summed E-state index contributed by atoms with van der Waals surface area (Å²) in [7, 11) is 1.60. The lowest BCUT2D eigenvalue weighted by atomic mass is 9.75. The molecule has 29 heavy (non-hydrogen) atoms. The fourth-order valence-electron chi connectivity index (χ4n) is 3.91. The standard InChI is InChI=1S/C22H26BrNO4S/c1-4-29-11-10-28-22(26)19-13(2)24-16-6-5-7-17(25)21(16)20(19)15-12-14(23)8-9-18(15)27-3/h8-9,12,20,24H,4-7,10-11H2,1-3H3/t20-/m1/s1. The van der Waals surface area contributed by atoms with Crippen LogP contribution in [0.5, 0.6) is 5.75 Å². The predicted octanol–water partition coefficient (Wildman–Crippen LogP) is 4.72. The lowest BCUT2D eigenvalue weighted by Gasteiger charge is -2.34. The number of Topliss-reactive ketones (excluding diaryl/α,β-unsaturated/α-hetero) is 1. The van der Waals surface area contributed by atoms with Crippen molar-refractivity contribution in [2.75, 3.05) is 25.2 Å². The molecule has 1 aromatic rings. The van der Waals surface area contributed by atoms with Crippen molar-refractivity contribution in [3.8, 4) is 5.75 Å². The first kappa shape index (κ1) is 22.0. The summed E-state index contributed by atoms with van der Waals surface area (Å²) in [6, 6.07) is 5.66. The summed E-state index contributed by atoms with van der Waals surface area (Å²) < 4.78 is 12.0. The number of ether oxygens (including phenoxy) is 2. The minimum absolute atomic E-state index is 0.0742. The van der Waals surface area contributed by atoms with Gasteiger partial charge in [0.15, 0.2) is 5.78 Å². The highest BCUT2D eigenvalue weighted by atomic mass is 79.9. The van der Waals surface area contributed by atoms with Crippen LogP contribution in [0.3, 0.4) is 0 Å². The third-order valence-corrected chi connectivity index (χ3v) is 6.52. The molecule has 156 valence electrons. The molecule has 7 heteroatoms. The average molecular weight is 480 g/mol. The van der Waals surface area contributed by atoms with Gasteiger partial charge >= 0.3 is 5.97 Å². The molecule has 5 nitrogen and oxygen atoms in total. The van der Waals surface area contributed by atoms with Crippen LogP contribution in [0.4, 0.5) is 0 Å². The van der Waals surface area contributed by atoms with Crippen LogP contribution in [0, 0.1) is 0 Å². The molecule has 1 aromatic carbocycles. The summed E-state index contributed by atoms with van der Waals surface area (Å²) in [6.45, 7) is 4.29. The molecule has 0 bridgehead atoms. The topological polar surface area (TPSA) is 64.6 Å². The van der Waals surface area contributed by atoms with Gasteiger partial charge in [-0.25, -0.2) is 4.79 Å². The number of benzene rings is 1. The molecule has 0 fully saturated rings. The van der Waals surface area contributed by atoms with E-state index in [0.717, 1.165) is 45.8 Å². The third-order valence-electron chi connectivity index (χ3n) is 5.16. The molecule has 0 saturated heterocycles. The molecule has 0 radical (unpaired) electrons. The van der Waals surface area contributed by atoms with Gasteiger partial charge in [-0.2, -0.15) is 11.8 Å². The van der Waals surface area contributed by atoms with E-state index in [1.165, 1.54) is 0 Å². The summed E-state index contributed by atoms with van der Waals surface area (Å²) in [6.07, 6.45) is 2.09. The van der Waals surface area contributed by atoms with E-state index in [1.807, 2.05) is 25.1 Å². The number of ketones is 1. The fourth-order valence-corrected chi connectivity index (χ4v) is 4.78. The van der Waals surface area contributed by atoms with Crippen LogP contribution in [0.1, 0.15) is 44.6 Å². The second-order valence-electron chi connectivity index (χ2n) is 6.98. The zero-order chi connectivity index (χ0) is 21.0. The number of hydrogen-bond donors (Lipinski definition) is 1. The van der Waals surface area contributed by atoms with Crippen LogP contribution in [0.15, 0.2) is 45.2 Å². The summed E-state index contributed by atoms with van der Waals surface area (Å²) in [5, 5.41) is 3.31. The molecular weight excluding hydrogens is 454 g/mol. The van der Waals surface area contributed by atoms with Gasteiger partial charge in [0.2, 0.25) is 0 Å². The molecule has 1 atom stereocenters. The van der Waals surface area contributed by atoms with E-state index >= 15 is 0 Å². The maximum atomic E-state index is 13.1. The van der Waals surface area contributed by atoms with E-state index in [-0.39, 0.29) is 11.8 Å². The second-order valence-corrected chi connectivity index (χ2v) is 9.29. The summed E-state index contributed by atoms with van der Waals surface area (Å²) in [5.74, 6) is 1.56. The van der Waals surface area contributed by atoms with Crippen molar-refractivity contribution in [3.63, 3.8) is 0 Å². The first-order valence-corrected chi connectivity index (χ1v) is 11.7. The molecule has 0 aromatic heterocycles. The van der Waals surface area contributed by atoms with E-state index in [9.17, 15) is 9.59 Å². The normalized spacial score (nSPS) is 19.0. The van der Waals surface area contributed by atoms with Gasteiger partial charge in [0.25, 0.3) is 0 Å². The van der Waals surface area contributed by atoms with Gasteiger partial charge in [0.1, 0.15) is 12.4 Å². The number of carbonyl (C=O) groups is 2. The van der Waals surface area contributed by atoms with Gasteiger partial charge in [0, 0.05) is 39.2 Å². The van der Waals surface area contributed by atoms with E-state index in [0.29, 0.717) is 29.9 Å². The molecule has 0 spiro atoms. The van der Waals surface area contributed by atoms with Crippen LogP contribution >= 0.6 is 27.7 Å². The number of hydrogen-bond acceptors (Lipinski definition) is 6. The van der Waals surface area contributed by atoms with Crippen molar-refractivity contribution in [3.05, 3.63) is 50.8 Å². The maximum absolute atomic E-state index is 13.1. The van der Waals surface area contributed by atoms with E-state index in [1.54, 1.807) is 18.9 Å². The highest BCUT2D eigenvalue weighted by molar-refractivity contribution is 9.10. The van der Waals surface area contributed by atoms with E-state index in [4.69, 9.17) is 9.47 Å². The van der Waals surface area contributed by atoms with Crippen LogP contribution in [-0.2, 0) is 14.3 Å². The van der Waals surface area contributed by atoms with Gasteiger partial charge in [-0.15, -0.1) is 0 Å². The Balaban J connectivity index is 2.07. The molecule has 3 rings (SSSR count). The largest absolute Gasteiger partial charge is 0.496 e. The summed E-state index contributed by atoms with van der Waals surface area (Å²) >= 11 is 5.24. The van der Waals surface area contributed by atoms with Gasteiger partial charge in [-0.1, -0.05) is 22.9 Å². The molecule has 1 heterocycles. The molecule has 2 aliphatic rings. The number of nitrogens with one attached hydrogen (secondary N) is 1. The van der Waals surface area contributed by atoms with Crippen molar-refractivity contribution in [1.82, 2.24) is 5.32 Å². The summed E-state index contributed by atoms with van der Waals surface area (Å²) in [5.41, 5.74) is 3.58. The van der Waals surface area contributed by atoms with Gasteiger partial charge in [-0.3, -0.25) is 4.79 Å². The Labute approximate surface area is 184 Å². The first-order valence-electron chi connectivity index (χ1n) is 9.80. The third kappa shape index (κ3) is 4.72. The lowest BCUT2D eigenvalue weighted by Crippen LogP contribution is -2.34.